The van der Waals surface area contributed by atoms with Crippen LogP contribution >= 0.6 is 0 Å². The highest BCUT2D eigenvalue weighted by atomic mass is 16.5. The summed E-state index contributed by atoms with van der Waals surface area (Å²) in [5.41, 5.74) is 8.76. The van der Waals surface area contributed by atoms with E-state index in [9.17, 15) is 0 Å². The number of nitrogens with one attached hydrogen (secondary N) is 1. The zero-order valence-electron chi connectivity index (χ0n) is 22.8. The van der Waals surface area contributed by atoms with Gasteiger partial charge >= 0.3 is 0 Å². The number of pyridine rings is 1. The van der Waals surface area contributed by atoms with Crippen molar-refractivity contribution in [3.8, 4) is 17.0 Å². The summed E-state index contributed by atoms with van der Waals surface area (Å²) in [6.07, 6.45) is 1.19. The van der Waals surface area contributed by atoms with Crippen LogP contribution in [0.3, 0.4) is 0 Å². The molecule has 0 bridgehead atoms. The van der Waals surface area contributed by atoms with Gasteiger partial charge in [0, 0.05) is 47.9 Å². The maximum absolute atomic E-state index is 6.44. The van der Waals surface area contributed by atoms with Crippen LogP contribution in [0.15, 0.2) is 48.5 Å². The van der Waals surface area contributed by atoms with E-state index in [1.54, 1.807) is 0 Å². The number of H-pyrrole nitrogens is 1. The summed E-state index contributed by atoms with van der Waals surface area (Å²) in [5, 5.41) is 8.79. The van der Waals surface area contributed by atoms with Gasteiger partial charge in [0.05, 0.1) is 35.2 Å². The fraction of sp³-hybridized carbons (Fsp3) is 0.419. The Morgan fingerprint density at radius 3 is 2.59 bits per heavy atom. The molecule has 0 aliphatic carbocycles. The summed E-state index contributed by atoms with van der Waals surface area (Å²) >= 11 is 0. The van der Waals surface area contributed by atoms with Crippen LogP contribution in [0.4, 0.5) is 0 Å². The average Bonchev–Trinajstić information content (AvgIpc) is 3.26. The molecule has 4 aromatic rings. The molecule has 0 saturated carbocycles. The maximum atomic E-state index is 6.44. The molecule has 2 atom stereocenters. The molecule has 0 spiro atoms. The highest BCUT2D eigenvalue weighted by Gasteiger charge is 2.28. The molecule has 1 aliphatic heterocycles. The Morgan fingerprint density at radius 1 is 1.08 bits per heavy atom. The second kappa shape index (κ2) is 10.6. The van der Waals surface area contributed by atoms with Gasteiger partial charge in [-0.15, -0.1) is 0 Å². The lowest BCUT2D eigenvalue weighted by atomic mass is 9.95. The number of aromatic amines is 1. The van der Waals surface area contributed by atoms with Crippen LogP contribution in [0.2, 0.25) is 0 Å². The van der Waals surface area contributed by atoms with Crippen LogP contribution in [0.25, 0.3) is 22.2 Å². The Labute approximate surface area is 220 Å². The lowest BCUT2D eigenvalue weighted by Crippen LogP contribution is -2.42. The largest absolute Gasteiger partial charge is 0.491 e. The number of nitrogens with zero attached hydrogens (tertiary/aromatic N) is 3. The summed E-state index contributed by atoms with van der Waals surface area (Å²) < 4.78 is 12.8. The standard InChI is InChI=1S/C31H38N4O2/c1-7-23-13-14-26-30(22(6)33-34-26)31(23)27-15-28(36-19(2)3)25(21(5)32-27)17-35-16-20(4)37-29(18-35)24-11-9-8-10-12-24/h8-15,19-20,29H,7,16-18H2,1-6H3,(H,33,34)/t20-,29+/m1/s1. The number of aryl methyl sites for hydroxylation is 3. The Kier molecular flexibility index (Phi) is 7.31. The Morgan fingerprint density at radius 2 is 1.86 bits per heavy atom. The minimum absolute atomic E-state index is 0.0562. The minimum Gasteiger partial charge on any atom is -0.491 e. The van der Waals surface area contributed by atoms with Crippen LogP contribution in [-0.4, -0.2) is 45.4 Å². The first-order chi connectivity index (χ1) is 17.8. The summed E-state index contributed by atoms with van der Waals surface area (Å²) in [6.45, 7) is 15.2. The Bertz CT molecular complexity index is 1380. The molecular weight excluding hydrogens is 460 g/mol. The molecule has 6 heteroatoms. The van der Waals surface area contributed by atoms with Crippen LogP contribution in [0.1, 0.15) is 61.9 Å². The van der Waals surface area contributed by atoms with Gasteiger partial charge in [-0.2, -0.15) is 5.10 Å². The fourth-order valence-corrected chi connectivity index (χ4v) is 5.49. The molecule has 0 amide bonds. The zero-order valence-corrected chi connectivity index (χ0v) is 22.8. The van der Waals surface area contributed by atoms with Crippen molar-refractivity contribution in [2.45, 2.75) is 72.8 Å². The van der Waals surface area contributed by atoms with Crippen molar-refractivity contribution < 1.29 is 9.47 Å². The van der Waals surface area contributed by atoms with Crippen molar-refractivity contribution in [3.63, 3.8) is 0 Å². The quantitative estimate of drug-likeness (QED) is 0.313. The van der Waals surface area contributed by atoms with E-state index in [4.69, 9.17) is 14.5 Å². The molecule has 1 saturated heterocycles. The molecule has 2 aromatic heterocycles. The smallest absolute Gasteiger partial charge is 0.128 e. The summed E-state index contributed by atoms with van der Waals surface area (Å²) in [5.74, 6) is 0.910. The first-order valence-electron chi connectivity index (χ1n) is 13.4. The molecule has 1 fully saturated rings. The van der Waals surface area contributed by atoms with Crippen molar-refractivity contribution in [2.75, 3.05) is 13.1 Å². The molecular formula is C31H38N4O2. The average molecular weight is 499 g/mol. The van der Waals surface area contributed by atoms with E-state index in [2.05, 4.69) is 105 Å². The molecule has 1 aliphatic rings. The lowest BCUT2D eigenvalue weighted by molar-refractivity contribution is -0.0816. The number of hydrogen-bond donors (Lipinski definition) is 1. The fourth-order valence-electron chi connectivity index (χ4n) is 5.49. The highest BCUT2D eigenvalue weighted by molar-refractivity contribution is 5.97. The molecule has 1 N–H and O–H groups in total. The molecule has 194 valence electrons. The van der Waals surface area contributed by atoms with Gasteiger partial charge < -0.3 is 9.47 Å². The summed E-state index contributed by atoms with van der Waals surface area (Å²) in [4.78, 5) is 7.65. The van der Waals surface area contributed by atoms with Gasteiger partial charge in [-0.1, -0.05) is 43.3 Å². The SMILES string of the molecule is CCc1ccc2[nH]nc(C)c2c1-c1cc(OC(C)C)c(CN2C[C@@H](C)O[C@H](c3ccccc3)C2)c(C)n1. The van der Waals surface area contributed by atoms with Crippen LogP contribution in [-0.2, 0) is 17.7 Å². The monoisotopic (exact) mass is 498 g/mol. The number of morpholine rings is 1. The molecule has 3 heterocycles. The third-order valence-electron chi connectivity index (χ3n) is 7.18. The Balaban J connectivity index is 1.54. The highest BCUT2D eigenvalue weighted by Crippen LogP contribution is 2.37. The van der Waals surface area contributed by atoms with Crippen LogP contribution in [0, 0.1) is 13.8 Å². The summed E-state index contributed by atoms with van der Waals surface area (Å²) in [7, 11) is 0. The van der Waals surface area contributed by atoms with E-state index in [1.165, 1.54) is 11.1 Å². The van der Waals surface area contributed by atoms with E-state index >= 15 is 0 Å². The van der Waals surface area contributed by atoms with Gasteiger partial charge in [-0.25, -0.2) is 0 Å². The second-order valence-electron chi connectivity index (χ2n) is 10.5. The molecule has 0 radical (unpaired) electrons. The molecule has 6 nitrogen and oxygen atoms in total. The van der Waals surface area contributed by atoms with Gasteiger partial charge in [0.15, 0.2) is 0 Å². The van der Waals surface area contributed by atoms with E-state index in [0.717, 1.165) is 70.9 Å². The van der Waals surface area contributed by atoms with Crippen molar-refractivity contribution >= 4 is 10.9 Å². The normalized spacial score (nSPS) is 18.6. The summed E-state index contributed by atoms with van der Waals surface area (Å²) in [6, 6.07) is 17.0. The van der Waals surface area contributed by atoms with E-state index in [0.29, 0.717) is 0 Å². The van der Waals surface area contributed by atoms with Crippen LogP contribution in [0.5, 0.6) is 5.75 Å². The van der Waals surface area contributed by atoms with Crippen molar-refractivity contribution in [2.24, 2.45) is 0 Å². The van der Waals surface area contributed by atoms with E-state index in [1.807, 2.05) is 0 Å². The van der Waals surface area contributed by atoms with Crippen molar-refractivity contribution in [3.05, 3.63) is 76.6 Å². The van der Waals surface area contributed by atoms with Gasteiger partial charge in [0.25, 0.3) is 0 Å². The van der Waals surface area contributed by atoms with Gasteiger partial charge in [0.1, 0.15) is 5.75 Å². The van der Waals surface area contributed by atoms with E-state index in [-0.39, 0.29) is 18.3 Å². The number of hydrogen-bond acceptors (Lipinski definition) is 5. The number of fused-ring (bicyclic) bond motifs is 1. The topological polar surface area (TPSA) is 63.3 Å². The predicted molar refractivity (Wildman–Crippen MR) is 149 cm³/mol. The Hall–Kier alpha value is -3.22. The first kappa shape index (κ1) is 25.4. The van der Waals surface area contributed by atoms with Crippen LogP contribution < -0.4 is 4.74 Å². The third-order valence-corrected chi connectivity index (χ3v) is 7.18. The predicted octanol–water partition coefficient (Wildman–Crippen LogP) is 6.55. The number of ether oxygens (including phenoxy) is 2. The molecule has 0 unspecified atom stereocenters. The second-order valence-corrected chi connectivity index (χ2v) is 10.5. The molecule has 37 heavy (non-hydrogen) atoms. The molecule has 2 aromatic carbocycles. The number of rotatable bonds is 7. The maximum Gasteiger partial charge on any atom is 0.128 e. The van der Waals surface area contributed by atoms with Gasteiger partial charge in [-0.3, -0.25) is 15.0 Å². The number of benzene rings is 2. The van der Waals surface area contributed by atoms with Crippen molar-refractivity contribution in [1.82, 2.24) is 20.1 Å². The number of aromatic nitrogens is 3. The van der Waals surface area contributed by atoms with Gasteiger partial charge in [0.2, 0.25) is 0 Å². The van der Waals surface area contributed by atoms with Crippen molar-refractivity contribution in [1.29, 1.82) is 0 Å². The zero-order chi connectivity index (χ0) is 26.1. The minimum atomic E-state index is 0.0562. The van der Waals surface area contributed by atoms with Gasteiger partial charge in [-0.05, 0) is 58.2 Å². The molecule has 5 rings (SSSR count). The lowest BCUT2D eigenvalue weighted by Gasteiger charge is -2.37. The van der Waals surface area contributed by atoms with E-state index < -0.39 is 0 Å². The third kappa shape index (κ3) is 5.27. The first-order valence-corrected chi connectivity index (χ1v) is 13.4.